The summed E-state index contributed by atoms with van der Waals surface area (Å²) in [5.74, 6) is 0. The minimum absolute atomic E-state index is 0. The van der Waals surface area contributed by atoms with Crippen LogP contribution in [0.25, 0.3) is 0 Å². The Morgan fingerprint density at radius 3 is 1.50 bits per heavy atom. The van der Waals surface area contributed by atoms with Crippen molar-refractivity contribution in [3.63, 3.8) is 0 Å². The highest BCUT2D eigenvalue weighted by Gasteiger charge is 1.60. The van der Waals surface area contributed by atoms with Crippen LogP contribution < -0.4 is 12.4 Å². The molecule has 0 nitrogen and oxygen atoms in total. The molecule has 0 radical (unpaired) electrons. The van der Waals surface area contributed by atoms with Crippen LogP contribution in [0.15, 0.2) is 11.6 Å². The predicted molar refractivity (Wildman–Crippen MR) is 25.1 cm³/mol. The number of hydrogen-bond acceptors (Lipinski definition) is 0. The van der Waals surface area contributed by atoms with Gasteiger partial charge in [0.05, 0.1) is 0 Å². The first-order valence-corrected chi connectivity index (χ1v) is 1.87. The average Bonchev–Trinajstić information content (AvgIpc) is 1.38. The van der Waals surface area contributed by atoms with Gasteiger partial charge in [0.2, 0.25) is 0 Å². The van der Waals surface area contributed by atoms with Crippen molar-refractivity contribution in [2.75, 3.05) is 0 Å². The van der Waals surface area contributed by atoms with Crippen molar-refractivity contribution < 1.29 is 12.4 Å². The van der Waals surface area contributed by atoms with Crippen molar-refractivity contribution in [3.05, 3.63) is 11.6 Å². The molecule has 0 saturated carbocycles. The lowest BCUT2D eigenvalue weighted by molar-refractivity contribution is -0.00000131. The van der Waals surface area contributed by atoms with Gasteiger partial charge in [0.15, 0.2) is 0 Å². The average molecular weight is 106 g/mol. The summed E-state index contributed by atoms with van der Waals surface area (Å²) in [4.78, 5) is 0. The van der Waals surface area contributed by atoms with Gasteiger partial charge in [0.25, 0.3) is 0 Å². The van der Waals surface area contributed by atoms with E-state index in [0.717, 1.165) is 0 Å². The van der Waals surface area contributed by atoms with Crippen LogP contribution in [0.2, 0.25) is 0 Å². The molecule has 0 heterocycles. The molecule has 0 spiro atoms. The first kappa shape index (κ1) is 9.39. The molecule has 0 bridgehead atoms. The van der Waals surface area contributed by atoms with E-state index in [1.54, 1.807) is 0 Å². The van der Waals surface area contributed by atoms with Gasteiger partial charge in [0.1, 0.15) is 0 Å². The Bertz CT molecular complexity index is 41.9. The van der Waals surface area contributed by atoms with E-state index < -0.39 is 0 Å². The van der Waals surface area contributed by atoms with Gasteiger partial charge in [-0.3, -0.25) is 0 Å². The van der Waals surface area contributed by atoms with Gasteiger partial charge >= 0.3 is 0 Å². The standard InChI is InChI=1S/C5H10.ClH/c1-4-5(2)3;/h4H,1-3H3;1H/p-1. The molecule has 0 N–H and O–H groups in total. The first-order chi connectivity index (χ1) is 2.27. The second kappa shape index (κ2) is 5.03. The van der Waals surface area contributed by atoms with Gasteiger partial charge in [-0.05, 0) is 20.8 Å². The van der Waals surface area contributed by atoms with Crippen LogP contribution in [0.4, 0.5) is 0 Å². The highest BCUT2D eigenvalue weighted by Crippen LogP contribution is 1.82. The Balaban J connectivity index is 0. The Hall–Kier alpha value is 0.0300. The molecule has 0 aromatic rings. The monoisotopic (exact) mass is 105 g/mol. The highest BCUT2D eigenvalue weighted by molar-refractivity contribution is 4.88. The van der Waals surface area contributed by atoms with Crippen molar-refractivity contribution in [1.82, 2.24) is 0 Å². The summed E-state index contributed by atoms with van der Waals surface area (Å²) in [6.45, 7) is 6.20. The van der Waals surface area contributed by atoms with Crippen LogP contribution in [0.3, 0.4) is 0 Å². The molecule has 0 aliphatic carbocycles. The van der Waals surface area contributed by atoms with E-state index in [9.17, 15) is 0 Å². The molecule has 0 unspecified atom stereocenters. The fourth-order valence-corrected chi connectivity index (χ4v) is 0. The van der Waals surface area contributed by atoms with Crippen LogP contribution >= 0.6 is 0 Å². The van der Waals surface area contributed by atoms with Crippen molar-refractivity contribution in [2.45, 2.75) is 20.8 Å². The van der Waals surface area contributed by atoms with E-state index in [1.807, 2.05) is 6.92 Å². The van der Waals surface area contributed by atoms with E-state index in [-0.39, 0.29) is 12.4 Å². The van der Waals surface area contributed by atoms with E-state index in [2.05, 4.69) is 19.9 Å². The molecule has 0 aromatic heterocycles. The molecule has 0 aliphatic heterocycles. The Labute approximate surface area is 45.7 Å². The van der Waals surface area contributed by atoms with Crippen molar-refractivity contribution in [1.29, 1.82) is 0 Å². The van der Waals surface area contributed by atoms with Gasteiger partial charge in [-0.2, -0.15) is 0 Å². The molecule has 0 aromatic carbocycles. The molecule has 0 saturated heterocycles. The van der Waals surface area contributed by atoms with E-state index in [4.69, 9.17) is 0 Å². The molecule has 0 fully saturated rings. The Morgan fingerprint density at radius 2 is 1.50 bits per heavy atom. The molecule has 38 valence electrons. The zero-order chi connectivity index (χ0) is 4.28. The lowest BCUT2D eigenvalue weighted by Crippen LogP contribution is -3.00. The number of hydrogen-bond donors (Lipinski definition) is 0. The SMILES string of the molecule is CC=C(C)C.[Cl-]. The van der Waals surface area contributed by atoms with Gasteiger partial charge in [-0.1, -0.05) is 11.6 Å². The summed E-state index contributed by atoms with van der Waals surface area (Å²) in [5.41, 5.74) is 1.38. The summed E-state index contributed by atoms with van der Waals surface area (Å²) in [7, 11) is 0. The first-order valence-electron chi connectivity index (χ1n) is 1.87. The molecule has 0 atom stereocenters. The molecular weight excluding hydrogens is 95.5 g/mol. The third-order valence-corrected chi connectivity index (χ3v) is 0.577. The molecule has 0 aliphatic rings. The zero-order valence-corrected chi connectivity index (χ0v) is 5.21. The molecule has 6 heavy (non-hydrogen) atoms. The minimum atomic E-state index is 0. The summed E-state index contributed by atoms with van der Waals surface area (Å²) in [6.07, 6.45) is 2.08. The molecular formula is C5H10Cl-. The van der Waals surface area contributed by atoms with Crippen LogP contribution in [0.1, 0.15) is 20.8 Å². The fourth-order valence-electron chi connectivity index (χ4n) is 0. The van der Waals surface area contributed by atoms with E-state index in [1.165, 1.54) is 5.57 Å². The zero-order valence-electron chi connectivity index (χ0n) is 4.46. The third-order valence-electron chi connectivity index (χ3n) is 0.577. The van der Waals surface area contributed by atoms with E-state index >= 15 is 0 Å². The topological polar surface area (TPSA) is 0 Å². The molecule has 0 rings (SSSR count). The maximum absolute atomic E-state index is 2.08. The second-order valence-corrected chi connectivity index (χ2v) is 1.37. The highest BCUT2D eigenvalue weighted by atomic mass is 35.5. The smallest absolute Gasteiger partial charge is 0.0442 e. The predicted octanol–water partition coefficient (Wildman–Crippen LogP) is -1.02. The van der Waals surface area contributed by atoms with Crippen LogP contribution in [0.5, 0.6) is 0 Å². The second-order valence-electron chi connectivity index (χ2n) is 1.37. The maximum Gasteiger partial charge on any atom is -0.0442 e. The molecule has 1 heteroatoms. The molecule has 0 amide bonds. The van der Waals surface area contributed by atoms with Gasteiger partial charge in [0, 0.05) is 0 Å². The van der Waals surface area contributed by atoms with E-state index in [0.29, 0.717) is 0 Å². The minimum Gasteiger partial charge on any atom is -1.00 e. The lowest BCUT2D eigenvalue weighted by Gasteiger charge is -1.74. The Morgan fingerprint density at radius 1 is 1.33 bits per heavy atom. The van der Waals surface area contributed by atoms with Crippen molar-refractivity contribution >= 4 is 0 Å². The number of rotatable bonds is 0. The van der Waals surface area contributed by atoms with Crippen LogP contribution in [0, 0.1) is 0 Å². The fraction of sp³-hybridized carbons (Fsp3) is 0.600. The third kappa shape index (κ3) is 8.98. The largest absolute Gasteiger partial charge is 1.00 e. The summed E-state index contributed by atoms with van der Waals surface area (Å²) >= 11 is 0. The van der Waals surface area contributed by atoms with Crippen LogP contribution in [-0.4, -0.2) is 0 Å². The maximum atomic E-state index is 2.08. The van der Waals surface area contributed by atoms with Gasteiger partial charge < -0.3 is 12.4 Å². The van der Waals surface area contributed by atoms with Crippen molar-refractivity contribution in [3.8, 4) is 0 Å². The quantitative estimate of drug-likeness (QED) is 0.346. The summed E-state index contributed by atoms with van der Waals surface area (Å²) < 4.78 is 0. The normalized spacial score (nSPS) is 5.83. The summed E-state index contributed by atoms with van der Waals surface area (Å²) in [6, 6.07) is 0. The van der Waals surface area contributed by atoms with Gasteiger partial charge in [-0.25, -0.2) is 0 Å². The van der Waals surface area contributed by atoms with Crippen molar-refractivity contribution in [2.24, 2.45) is 0 Å². The lowest BCUT2D eigenvalue weighted by atomic mass is 10.3. The van der Waals surface area contributed by atoms with Gasteiger partial charge in [-0.15, -0.1) is 0 Å². The summed E-state index contributed by atoms with van der Waals surface area (Å²) in [5, 5.41) is 0. The van der Waals surface area contributed by atoms with Crippen LogP contribution in [-0.2, 0) is 0 Å². The number of allylic oxidation sites excluding steroid dienone is 2. The Kier molecular flexibility index (Phi) is 7.88. The number of halogens is 1.